The second-order valence-electron chi connectivity index (χ2n) is 6.34. The van der Waals surface area contributed by atoms with E-state index in [-0.39, 0.29) is 12.2 Å². The average molecular weight is 386 g/mol. The van der Waals surface area contributed by atoms with Crippen molar-refractivity contribution in [3.63, 3.8) is 0 Å². The first-order chi connectivity index (χ1) is 11.1. The van der Waals surface area contributed by atoms with Crippen LogP contribution in [0.1, 0.15) is 32.7 Å². The van der Waals surface area contributed by atoms with Gasteiger partial charge in [-0.1, -0.05) is 23.7 Å². The van der Waals surface area contributed by atoms with Gasteiger partial charge in [0.1, 0.15) is 9.75 Å². The van der Waals surface area contributed by atoms with Gasteiger partial charge >= 0.3 is 0 Å². The molecule has 130 valence electrons. The Labute approximate surface area is 151 Å². The van der Waals surface area contributed by atoms with Crippen LogP contribution in [0.5, 0.6) is 0 Å². The Bertz CT molecular complexity index is 837. The molecule has 24 heavy (non-hydrogen) atoms. The standard InChI is InChI=1S/C17H20ClNO3S2/c1-11(2)24(21,22)17(3,4)15(20)9-16-19-14(10-23-16)12-5-7-13(18)8-6-12/h5-8,10-11H,9H2,1-4H3. The fraction of sp³-hybridized carbons (Fsp3) is 0.412. The molecule has 0 N–H and O–H groups in total. The van der Waals surface area contributed by atoms with E-state index in [1.54, 1.807) is 26.0 Å². The fourth-order valence-corrected chi connectivity index (χ4v) is 4.74. The van der Waals surface area contributed by atoms with Gasteiger partial charge in [0.05, 0.1) is 17.4 Å². The Morgan fingerprint density at radius 3 is 2.38 bits per heavy atom. The summed E-state index contributed by atoms with van der Waals surface area (Å²) in [4.78, 5) is 17.0. The minimum atomic E-state index is -3.53. The number of sulfone groups is 1. The predicted molar refractivity (Wildman–Crippen MR) is 99.4 cm³/mol. The first-order valence-electron chi connectivity index (χ1n) is 7.53. The molecule has 0 spiro atoms. The van der Waals surface area contributed by atoms with Gasteiger partial charge in [0, 0.05) is 16.0 Å². The number of carbonyl (C=O) groups excluding carboxylic acids is 1. The Morgan fingerprint density at radius 1 is 1.25 bits per heavy atom. The largest absolute Gasteiger partial charge is 0.297 e. The number of carbonyl (C=O) groups is 1. The molecule has 0 saturated carbocycles. The number of halogens is 1. The van der Waals surface area contributed by atoms with Gasteiger partial charge in [-0.2, -0.15) is 0 Å². The van der Waals surface area contributed by atoms with E-state index in [4.69, 9.17) is 11.6 Å². The van der Waals surface area contributed by atoms with Crippen LogP contribution in [0.3, 0.4) is 0 Å². The highest BCUT2D eigenvalue weighted by Crippen LogP contribution is 2.27. The minimum Gasteiger partial charge on any atom is -0.297 e. The van der Waals surface area contributed by atoms with E-state index in [1.807, 2.05) is 17.5 Å². The number of nitrogens with zero attached hydrogens (tertiary/aromatic N) is 1. The van der Waals surface area contributed by atoms with E-state index >= 15 is 0 Å². The Kier molecular flexibility index (Phi) is 5.52. The predicted octanol–water partition coefficient (Wildman–Crippen LogP) is 4.18. The highest BCUT2D eigenvalue weighted by atomic mass is 35.5. The molecule has 2 aromatic rings. The summed E-state index contributed by atoms with van der Waals surface area (Å²) in [5, 5.41) is 2.51. The van der Waals surface area contributed by atoms with Crippen LogP contribution in [0.2, 0.25) is 5.02 Å². The monoisotopic (exact) mass is 385 g/mol. The van der Waals surface area contributed by atoms with E-state index < -0.39 is 19.8 Å². The summed E-state index contributed by atoms with van der Waals surface area (Å²) in [7, 11) is -3.53. The molecular weight excluding hydrogens is 366 g/mol. The van der Waals surface area contributed by atoms with Gasteiger partial charge in [0.25, 0.3) is 0 Å². The van der Waals surface area contributed by atoms with Gasteiger partial charge in [-0.05, 0) is 39.8 Å². The molecule has 0 atom stereocenters. The molecule has 0 aliphatic heterocycles. The molecular formula is C17H20ClNO3S2. The van der Waals surface area contributed by atoms with Crippen molar-refractivity contribution in [1.82, 2.24) is 4.98 Å². The van der Waals surface area contributed by atoms with Crippen LogP contribution in [0.25, 0.3) is 11.3 Å². The summed E-state index contributed by atoms with van der Waals surface area (Å²) in [6, 6.07) is 7.27. The molecule has 0 aliphatic rings. The maximum atomic E-state index is 12.5. The number of rotatable bonds is 6. The molecule has 1 aromatic heterocycles. The lowest BCUT2D eigenvalue weighted by Gasteiger charge is -2.25. The second kappa shape index (κ2) is 6.94. The van der Waals surface area contributed by atoms with E-state index in [0.717, 1.165) is 11.3 Å². The molecule has 7 heteroatoms. The molecule has 2 rings (SSSR count). The van der Waals surface area contributed by atoms with Crippen LogP contribution in [0.4, 0.5) is 0 Å². The number of ketones is 1. The van der Waals surface area contributed by atoms with Gasteiger partial charge in [0.15, 0.2) is 15.6 Å². The van der Waals surface area contributed by atoms with Crippen molar-refractivity contribution in [1.29, 1.82) is 0 Å². The zero-order chi connectivity index (χ0) is 18.1. The zero-order valence-corrected chi connectivity index (χ0v) is 16.4. The first kappa shape index (κ1) is 19.1. The Balaban J connectivity index is 2.20. The number of hydrogen-bond acceptors (Lipinski definition) is 5. The number of aromatic nitrogens is 1. The normalized spacial score (nSPS) is 12.6. The van der Waals surface area contributed by atoms with Crippen LogP contribution >= 0.6 is 22.9 Å². The Hall–Kier alpha value is -1.24. The van der Waals surface area contributed by atoms with Crippen molar-refractivity contribution >= 4 is 38.6 Å². The van der Waals surface area contributed by atoms with E-state index in [0.29, 0.717) is 10.0 Å². The SMILES string of the molecule is CC(C)S(=O)(=O)C(C)(C)C(=O)Cc1nc(-c2ccc(Cl)cc2)cs1. The van der Waals surface area contributed by atoms with Crippen LogP contribution in [0.15, 0.2) is 29.6 Å². The second-order valence-corrected chi connectivity index (χ2v) is 10.8. The molecule has 4 nitrogen and oxygen atoms in total. The molecule has 0 amide bonds. The maximum Gasteiger partial charge on any atom is 0.164 e. The first-order valence-corrected chi connectivity index (χ1v) is 10.3. The third kappa shape index (κ3) is 3.71. The number of Topliss-reactive ketones (excluding diaryl/α,β-unsaturated/α-hetero) is 1. The van der Waals surface area contributed by atoms with Crippen molar-refractivity contribution in [2.75, 3.05) is 0 Å². The third-order valence-corrected chi connectivity index (χ3v) is 8.00. The summed E-state index contributed by atoms with van der Waals surface area (Å²) >= 11 is 7.22. The van der Waals surface area contributed by atoms with Crippen molar-refractivity contribution < 1.29 is 13.2 Å². The maximum absolute atomic E-state index is 12.5. The van der Waals surface area contributed by atoms with Gasteiger partial charge in [-0.3, -0.25) is 4.79 Å². The van der Waals surface area contributed by atoms with Crippen molar-refractivity contribution in [2.45, 2.75) is 44.1 Å². The zero-order valence-electron chi connectivity index (χ0n) is 14.0. The molecule has 0 fully saturated rings. The lowest BCUT2D eigenvalue weighted by atomic mass is 10.1. The molecule has 1 aromatic carbocycles. The minimum absolute atomic E-state index is 0.0111. The third-order valence-electron chi connectivity index (χ3n) is 4.01. The number of thiazole rings is 1. The Morgan fingerprint density at radius 2 is 1.83 bits per heavy atom. The summed E-state index contributed by atoms with van der Waals surface area (Å²) in [5.41, 5.74) is 1.66. The smallest absolute Gasteiger partial charge is 0.164 e. The molecule has 1 heterocycles. The molecule has 0 saturated heterocycles. The average Bonchev–Trinajstić information content (AvgIpc) is 2.96. The van der Waals surface area contributed by atoms with Crippen LogP contribution in [-0.2, 0) is 21.1 Å². The van der Waals surface area contributed by atoms with Gasteiger partial charge in [-0.15, -0.1) is 11.3 Å². The quantitative estimate of drug-likeness (QED) is 0.748. The van der Waals surface area contributed by atoms with Crippen molar-refractivity contribution in [3.8, 4) is 11.3 Å². The summed E-state index contributed by atoms with van der Waals surface area (Å²) < 4.78 is 23.4. The highest BCUT2D eigenvalue weighted by Gasteiger charge is 2.43. The van der Waals surface area contributed by atoms with E-state index in [1.165, 1.54) is 25.2 Å². The van der Waals surface area contributed by atoms with Crippen LogP contribution in [0, 0.1) is 0 Å². The molecule has 0 unspecified atom stereocenters. The highest BCUT2D eigenvalue weighted by molar-refractivity contribution is 7.94. The topological polar surface area (TPSA) is 64.1 Å². The summed E-state index contributed by atoms with van der Waals surface area (Å²) in [6.07, 6.45) is 0.0111. The van der Waals surface area contributed by atoms with Crippen LogP contribution < -0.4 is 0 Å². The van der Waals surface area contributed by atoms with E-state index in [2.05, 4.69) is 4.98 Å². The van der Waals surface area contributed by atoms with Crippen LogP contribution in [-0.4, -0.2) is 29.2 Å². The van der Waals surface area contributed by atoms with E-state index in [9.17, 15) is 13.2 Å². The lowest BCUT2D eigenvalue weighted by Crippen LogP contribution is -2.45. The van der Waals surface area contributed by atoms with Crippen molar-refractivity contribution in [2.24, 2.45) is 0 Å². The molecule has 0 aliphatic carbocycles. The lowest BCUT2D eigenvalue weighted by molar-refractivity contribution is -0.120. The summed E-state index contributed by atoms with van der Waals surface area (Å²) in [5.74, 6) is -0.340. The number of hydrogen-bond donors (Lipinski definition) is 0. The van der Waals surface area contributed by atoms with Gasteiger partial charge in [0.2, 0.25) is 0 Å². The van der Waals surface area contributed by atoms with Gasteiger partial charge in [-0.25, -0.2) is 13.4 Å². The number of benzene rings is 1. The summed E-state index contributed by atoms with van der Waals surface area (Å²) in [6.45, 7) is 6.12. The fourth-order valence-electron chi connectivity index (χ4n) is 2.24. The van der Waals surface area contributed by atoms with Crippen molar-refractivity contribution in [3.05, 3.63) is 39.7 Å². The van der Waals surface area contributed by atoms with Gasteiger partial charge < -0.3 is 0 Å². The molecule has 0 bridgehead atoms. The molecule has 0 radical (unpaired) electrons.